The van der Waals surface area contributed by atoms with Gasteiger partial charge in [0.05, 0.1) is 19.3 Å². The number of esters is 1. The van der Waals surface area contributed by atoms with Crippen LogP contribution >= 0.6 is 0 Å². The molecule has 2 atom stereocenters. The molecule has 0 aromatic carbocycles. The van der Waals surface area contributed by atoms with Crippen molar-refractivity contribution in [2.45, 2.75) is 148 Å². The van der Waals surface area contributed by atoms with Crippen molar-refractivity contribution in [2.75, 3.05) is 7.11 Å². The summed E-state index contributed by atoms with van der Waals surface area (Å²) >= 11 is 0. The Morgan fingerprint density at radius 3 is 1.74 bits per heavy atom. The van der Waals surface area contributed by atoms with E-state index in [9.17, 15) is 4.79 Å². The van der Waals surface area contributed by atoms with Crippen LogP contribution in [0.3, 0.4) is 0 Å². The van der Waals surface area contributed by atoms with Gasteiger partial charge in [0, 0.05) is 6.42 Å². The zero-order valence-electron chi connectivity index (χ0n) is 27.6. The third-order valence-corrected chi connectivity index (χ3v) is 17.1. The second-order valence-electron chi connectivity index (χ2n) is 13.7. The molecule has 226 valence electrons. The molecular weight excluding hydrogens is 517 g/mol. The first kappa shape index (κ1) is 37.8. The molecule has 0 aromatic rings. The quantitative estimate of drug-likeness (QED) is 0.0533. The van der Waals surface area contributed by atoms with E-state index in [1.54, 1.807) is 0 Å². The average Bonchev–Trinajstić information content (AvgIpc) is 2.80. The lowest BCUT2D eigenvalue weighted by molar-refractivity contribution is -0.140. The highest BCUT2D eigenvalue weighted by atomic mass is 28.4. The monoisotopic (exact) mass is 578 g/mol. The minimum absolute atomic E-state index is 0.0170. The molecule has 0 heterocycles. The van der Waals surface area contributed by atoms with Crippen molar-refractivity contribution in [3.63, 3.8) is 0 Å². The summed E-state index contributed by atoms with van der Waals surface area (Å²) in [6, 6.07) is 0. The lowest BCUT2D eigenvalue weighted by atomic mass is 10.1. The summed E-state index contributed by atoms with van der Waals surface area (Å²) in [5.41, 5.74) is 0. The highest BCUT2D eigenvalue weighted by Gasteiger charge is 2.39. The smallest absolute Gasteiger partial charge is 0.305 e. The van der Waals surface area contributed by atoms with Crippen molar-refractivity contribution < 1.29 is 18.4 Å². The molecule has 0 radical (unpaired) electrons. The minimum atomic E-state index is -1.93. The number of unbranched alkanes of at least 4 members (excludes halogenated alkanes) is 3. The van der Waals surface area contributed by atoms with E-state index in [4.69, 9.17) is 13.6 Å². The van der Waals surface area contributed by atoms with Gasteiger partial charge >= 0.3 is 5.97 Å². The lowest BCUT2D eigenvalue weighted by Gasteiger charge is -2.38. The van der Waals surface area contributed by atoms with Gasteiger partial charge in [0.1, 0.15) is 0 Å². The predicted molar refractivity (Wildman–Crippen MR) is 175 cm³/mol. The summed E-state index contributed by atoms with van der Waals surface area (Å²) in [7, 11) is -2.36. The van der Waals surface area contributed by atoms with Crippen LogP contribution in [0.2, 0.25) is 36.3 Å². The van der Waals surface area contributed by atoms with E-state index in [1.807, 2.05) is 0 Å². The second-order valence-corrected chi connectivity index (χ2v) is 23.2. The summed E-state index contributed by atoms with van der Waals surface area (Å²) < 4.78 is 18.2. The largest absolute Gasteiger partial charge is 0.469 e. The Morgan fingerprint density at radius 2 is 1.26 bits per heavy atom. The maximum Gasteiger partial charge on any atom is 0.305 e. The SMILES string of the molecule is CCCCC/C=C\C[C@H](/C=C/C=C/C=C\[C@H](CCCC(=O)OC)O[Si](C)(C)C(C)(C)C)O[Si](C)(C)C(C)(C)C. The molecule has 0 aliphatic heterocycles. The molecule has 4 nitrogen and oxygen atoms in total. The fourth-order valence-electron chi connectivity index (χ4n) is 3.39. The number of hydrogen-bond acceptors (Lipinski definition) is 4. The van der Waals surface area contributed by atoms with Crippen molar-refractivity contribution in [3.05, 3.63) is 48.6 Å². The predicted octanol–water partition coefficient (Wildman–Crippen LogP) is 10.3. The molecule has 0 aliphatic rings. The number of rotatable bonds is 18. The van der Waals surface area contributed by atoms with Crippen molar-refractivity contribution in [3.8, 4) is 0 Å². The molecule has 0 saturated carbocycles. The van der Waals surface area contributed by atoms with Crippen molar-refractivity contribution in [1.82, 2.24) is 0 Å². The minimum Gasteiger partial charge on any atom is -0.469 e. The molecule has 0 bridgehead atoms. The maximum atomic E-state index is 11.6. The van der Waals surface area contributed by atoms with Gasteiger partial charge in [-0.3, -0.25) is 4.79 Å². The molecule has 0 aromatic heterocycles. The second kappa shape index (κ2) is 18.3. The molecule has 0 spiro atoms. The zero-order chi connectivity index (χ0) is 30.2. The van der Waals surface area contributed by atoms with Gasteiger partial charge in [-0.1, -0.05) is 110 Å². The number of ether oxygens (including phenoxy) is 1. The Hall–Kier alpha value is -1.22. The fourth-order valence-corrected chi connectivity index (χ4v) is 5.98. The summed E-state index contributed by atoms with van der Waals surface area (Å²) in [6.07, 6.45) is 25.1. The highest BCUT2D eigenvalue weighted by molar-refractivity contribution is 6.74. The van der Waals surface area contributed by atoms with Crippen molar-refractivity contribution >= 4 is 22.6 Å². The standard InChI is InChI=1S/C33H62O4Si2/c1-13-14-15-16-17-20-24-29(36-38(9,10)32(2,3)4)25-21-18-19-22-26-30(27-23-28-31(34)35-8)37-39(11,12)33(5,6)7/h17-22,25-26,29-30H,13-16,23-24,27-28H2,1-12H3/b19-18+,20-17-,25-21+,26-22-/t29-,30-/m1/s1. The van der Waals surface area contributed by atoms with Gasteiger partial charge in [0.2, 0.25) is 0 Å². The van der Waals surface area contributed by atoms with E-state index >= 15 is 0 Å². The normalized spacial score (nSPS) is 15.7. The van der Waals surface area contributed by atoms with Crippen molar-refractivity contribution in [2.24, 2.45) is 0 Å². The van der Waals surface area contributed by atoms with Crippen LogP contribution in [0, 0.1) is 0 Å². The number of methoxy groups -OCH3 is 1. The van der Waals surface area contributed by atoms with Gasteiger partial charge < -0.3 is 13.6 Å². The van der Waals surface area contributed by atoms with Gasteiger partial charge in [0.15, 0.2) is 16.6 Å². The highest BCUT2D eigenvalue weighted by Crippen LogP contribution is 2.38. The molecule has 0 unspecified atom stereocenters. The van der Waals surface area contributed by atoms with E-state index in [-0.39, 0.29) is 28.3 Å². The lowest BCUT2D eigenvalue weighted by Crippen LogP contribution is -2.43. The zero-order valence-corrected chi connectivity index (χ0v) is 29.6. The summed E-state index contributed by atoms with van der Waals surface area (Å²) in [6.45, 7) is 25.1. The average molecular weight is 579 g/mol. The molecule has 0 rings (SSSR count). The van der Waals surface area contributed by atoms with Crippen LogP contribution in [-0.2, 0) is 18.4 Å². The third kappa shape index (κ3) is 16.6. The first-order valence-corrected chi connectivity index (χ1v) is 20.9. The van der Waals surface area contributed by atoms with Gasteiger partial charge in [-0.15, -0.1) is 0 Å². The fraction of sp³-hybridized carbons (Fsp3) is 0.727. The third-order valence-electron chi connectivity index (χ3n) is 8.10. The summed E-state index contributed by atoms with van der Waals surface area (Å²) in [4.78, 5) is 11.6. The Bertz CT molecular complexity index is 796. The Balaban J connectivity index is 5.39. The van der Waals surface area contributed by atoms with Crippen LogP contribution < -0.4 is 0 Å². The van der Waals surface area contributed by atoms with Crippen LogP contribution in [0.1, 0.15) is 99.8 Å². The van der Waals surface area contributed by atoms with E-state index < -0.39 is 16.6 Å². The van der Waals surface area contributed by atoms with E-state index in [0.29, 0.717) is 6.42 Å². The summed E-state index contributed by atoms with van der Waals surface area (Å²) in [5, 5.41) is 0.305. The molecule has 6 heteroatoms. The molecular formula is C33H62O4Si2. The number of allylic oxidation sites excluding steroid dienone is 5. The molecule has 0 saturated heterocycles. The van der Waals surface area contributed by atoms with Crippen LogP contribution in [0.25, 0.3) is 0 Å². The van der Waals surface area contributed by atoms with Crippen LogP contribution in [0.4, 0.5) is 0 Å². The van der Waals surface area contributed by atoms with Gasteiger partial charge in [0.25, 0.3) is 0 Å². The first-order chi connectivity index (χ1) is 18.0. The van der Waals surface area contributed by atoms with Gasteiger partial charge in [-0.2, -0.15) is 0 Å². The van der Waals surface area contributed by atoms with Crippen LogP contribution in [0.15, 0.2) is 48.6 Å². The van der Waals surface area contributed by atoms with E-state index in [2.05, 4.69) is 123 Å². The Morgan fingerprint density at radius 1 is 0.744 bits per heavy atom. The first-order valence-electron chi connectivity index (χ1n) is 15.1. The van der Waals surface area contributed by atoms with Crippen LogP contribution in [0.5, 0.6) is 0 Å². The van der Waals surface area contributed by atoms with Crippen molar-refractivity contribution in [1.29, 1.82) is 0 Å². The molecule has 0 amide bonds. The molecule has 0 N–H and O–H groups in total. The van der Waals surface area contributed by atoms with Gasteiger partial charge in [-0.05, 0) is 68.4 Å². The van der Waals surface area contributed by atoms with E-state index in [0.717, 1.165) is 25.7 Å². The maximum absolute atomic E-state index is 11.6. The van der Waals surface area contributed by atoms with Crippen LogP contribution in [-0.4, -0.2) is 41.9 Å². The number of hydrogen-bond donors (Lipinski definition) is 0. The topological polar surface area (TPSA) is 44.8 Å². The Kier molecular flexibility index (Phi) is 17.7. The van der Waals surface area contributed by atoms with E-state index in [1.165, 1.54) is 26.4 Å². The molecule has 0 aliphatic carbocycles. The number of carbonyl (C=O) groups is 1. The number of carbonyl (C=O) groups excluding carboxylic acids is 1. The Labute approximate surface area is 244 Å². The summed E-state index contributed by atoms with van der Waals surface area (Å²) in [5.74, 6) is -0.166. The molecule has 0 fully saturated rings. The molecule has 39 heavy (non-hydrogen) atoms. The van der Waals surface area contributed by atoms with Gasteiger partial charge in [-0.25, -0.2) is 0 Å².